The number of pyridine rings is 1. The monoisotopic (exact) mass is 255 g/mol. The molecule has 6 nitrogen and oxygen atoms in total. The van der Waals surface area contributed by atoms with Crippen LogP contribution in [0.4, 0.5) is 5.82 Å². The molecule has 0 saturated heterocycles. The summed E-state index contributed by atoms with van der Waals surface area (Å²) in [5.41, 5.74) is 5.86. The molecule has 0 saturated carbocycles. The van der Waals surface area contributed by atoms with Crippen LogP contribution in [0.15, 0.2) is 36.7 Å². The lowest BCUT2D eigenvalue weighted by Crippen LogP contribution is -2.19. The lowest BCUT2D eigenvalue weighted by Gasteiger charge is -2.04. The number of amides is 1. The van der Waals surface area contributed by atoms with E-state index in [1.807, 2.05) is 0 Å². The Kier molecular flexibility index (Phi) is 4.26. The summed E-state index contributed by atoms with van der Waals surface area (Å²) in [6.07, 6.45) is 3.34. The van der Waals surface area contributed by atoms with Crippen LogP contribution >= 0.6 is 0 Å². The molecule has 0 spiro atoms. The van der Waals surface area contributed by atoms with Gasteiger partial charge in [0.2, 0.25) is 5.91 Å². The maximum absolute atomic E-state index is 11.7. The van der Waals surface area contributed by atoms with Gasteiger partial charge in [-0.15, -0.1) is 0 Å². The van der Waals surface area contributed by atoms with E-state index >= 15 is 0 Å². The van der Waals surface area contributed by atoms with Crippen molar-refractivity contribution >= 4 is 11.7 Å². The molecule has 0 unspecified atom stereocenters. The van der Waals surface area contributed by atoms with Crippen LogP contribution in [0, 0.1) is 11.8 Å². The molecular weight excluding hydrogens is 242 g/mol. The Morgan fingerprint density at radius 1 is 1.42 bits per heavy atom. The molecule has 0 bridgehead atoms. The molecule has 3 N–H and O–H groups in total. The standard InChI is InChI=1S/C13H13N5O/c14-7-2-5-11-4-1-6-12(16-11)17-13(19)10-18-9-3-8-15-18/h1,3-4,6,8-9H,7,10,14H2,(H,16,17,19). The van der Waals surface area contributed by atoms with Gasteiger partial charge in [-0.1, -0.05) is 12.0 Å². The average Bonchev–Trinajstić information content (AvgIpc) is 2.89. The molecule has 2 heterocycles. The summed E-state index contributed by atoms with van der Waals surface area (Å²) < 4.78 is 1.54. The summed E-state index contributed by atoms with van der Waals surface area (Å²) in [5.74, 6) is 5.78. The van der Waals surface area contributed by atoms with E-state index in [0.29, 0.717) is 11.5 Å². The number of carbonyl (C=O) groups excluding carboxylic acids is 1. The predicted molar refractivity (Wildman–Crippen MR) is 71.0 cm³/mol. The van der Waals surface area contributed by atoms with Gasteiger partial charge in [0.05, 0.1) is 6.54 Å². The van der Waals surface area contributed by atoms with Crippen molar-refractivity contribution in [1.82, 2.24) is 14.8 Å². The van der Waals surface area contributed by atoms with Gasteiger partial charge >= 0.3 is 0 Å². The Bertz CT molecular complexity index is 609. The molecule has 2 rings (SSSR count). The molecule has 2 aromatic rings. The Morgan fingerprint density at radius 2 is 2.32 bits per heavy atom. The van der Waals surface area contributed by atoms with E-state index in [1.54, 1.807) is 36.7 Å². The van der Waals surface area contributed by atoms with E-state index in [2.05, 4.69) is 27.2 Å². The molecule has 1 amide bonds. The summed E-state index contributed by atoms with van der Waals surface area (Å²) >= 11 is 0. The Labute approximate surface area is 110 Å². The molecule has 0 aliphatic heterocycles. The molecule has 0 aliphatic carbocycles. The van der Waals surface area contributed by atoms with Gasteiger partial charge in [0.25, 0.3) is 0 Å². The first kappa shape index (κ1) is 12.8. The fraction of sp³-hybridized carbons (Fsp3) is 0.154. The van der Waals surface area contributed by atoms with Gasteiger partial charge in [0, 0.05) is 12.4 Å². The fourth-order valence-corrected chi connectivity index (χ4v) is 1.44. The third kappa shape index (κ3) is 3.94. The number of nitrogens with two attached hydrogens (primary N) is 1. The van der Waals surface area contributed by atoms with E-state index in [4.69, 9.17) is 5.73 Å². The Morgan fingerprint density at radius 3 is 3.05 bits per heavy atom. The maximum Gasteiger partial charge on any atom is 0.247 e. The third-order valence-electron chi connectivity index (χ3n) is 2.20. The second-order valence-corrected chi connectivity index (χ2v) is 3.67. The summed E-state index contributed by atoms with van der Waals surface area (Å²) in [5, 5.41) is 6.64. The Balaban J connectivity index is 2.00. The van der Waals surface area contributed by atoms with E-state index in [9.17, 15) is 4.79 Å². The lowest BCUT2D eigenvalue weighted by molar-refractivity contribution is -0.116. The van der Waals surface area contributed by atoms with E-state index in [-0.39, 0.29) is 19.0 Å². The fourth-order valence-electron chi connectivity index (χ4n) is 1.44. The van der Waals surface area contributed by atoms with Crippen LogP contribution in [0.3, 0.4) is 0 Å². The first-order valence-electron chi connectivity index (χ1n) is 5.71. The number of hydrogen-bond acceptors (Lipinski definition) is 4. The zero-order chi connectivity index (χ0) is 13.5. The van der Waals surface area contributed by atoms with Gasteiger partial charge in [-0.2, -0.15) is 5.10 Å². The van der Waals surface area contributed by atoms with Crippen molar-refractivity contribution in [2.24, 2.45) is 5.73 Å². The first-order chi connectivity index (χ1) is 9.28. The zero-order valence-electron chi connectivity index (χ0n) is 10.2. The van der Waals surface area contributed by atoms with Crippen LogP contribution in [0.25, 0.3) is 0 Å². The minimum absolute atomic E-state index is 0.146. The number of anilines is 1. The maximum atomic E-state index is 11.7. The number of rotatable bonds is 3. The number of nitrogens with zero attached hydrogens (tertiary/aromatic N) is 3. The van der Waals surface area contributed by atoms with Gasteiger partial charge in [0.15, 0.2) is 0 Å². The molecule has 0 radical (unpaired) electrons. The largest absolute Gasteiger partial charge is 0.320 e. The smallest absolute Gasteiger partial charge is 0.247 e. The van der Waals surface area contributed by atoms with Gasteiger partial charge in [-0.05, 0) is 24.1 Å². The lowest BCUT2D eigenvalue weighted by atomic mass is 10.3. The molecule has 96 valence electrons. The van der Waals surface area contributed by atoms with Crippen LogP contribution in [-0.2, 0) is 11.3 Å². The van der Waals surface area contributed by atoms with Crippen LogP contribution in [0.2, 0.25) is 0 Å². The highest BCUT2D eigenvalue weighted by molar-refractivity contribution is 5.89. The van der Waals surface area contributed by atoms with Gasteiger partial charge in [-0.25, -0.2) is 4.98 Å². The number of aromatic nitrogens is 3. The highest BCUT2D eigenvalue weighted by Gasteiger charge is 2.04. The van der Waals surface area contributed by atoms with Gasteiger partial charge in [-0.3, -0.25) is 9.48 Å². The number of hydrogen-bond donors (Lipinski definition) is 2. The van der Waals surface area contributed by atoms with Crippen molar-refractivity contribution in [1.29, 1.82) is 0 Å². The van der Waals surface area contributed by atoms with E-state index in [0.717, 1.165) is 0 Å². The van der Waals surface area contributed by atoms with Gasteiger partial charge < -0.3 is 11.1 Å². The predicted octanol–water partition coefficient (Wildman–Crippen LogP) is 0.227. The second-order valence-electron chi connectivity index (χ2n) is 3.67. The third-order valence-corrected chi connectivity index (χ3v) is 2.20. The Hall–Kier alpha value is -2.65. The first-order valence-corrected chi connectivity index (χ1v) is 5.71. The minimum Gasteiger partial charge on any atom is -0.320 e. The molecule has 19 heavy (non-hydrogen) atoms. The van der Waals surface area contributed by atoms with Crippen molar-refractivity contribution in [2.45, 2.75) is 6.54 Å². The average molecular weight is 255 g/mol. The normalized spacial score (nSPS) is 9.53. The summed E-state index contributed by atoms with van der Waals surface area (Å²) in [4.78, 5) is 15.9. The van der Waals surface area contributed by atoms with Crippen LogP contribution in [-0.4, -0.2) is 27.2 Å². The van der Waals surface area contributed by atoms with Crippen molar-refractivity contribution in [2.75, 3.05) is 11.9 Å². The summed E-state index contributed by atoms with van der Waals surface area (Å²) in [6.45, 7) is 0.422. The van der Waals surface area contributed by atoms with Crippen LogP contribution in [0.5, 0.6) is 0 Å². The molecule has 0 aromatic carbocycles. The van der Waals surface area contributed by atoms with Crippen molar-refractivity contribution in [3.8, 4) is 11.8 Å². The SMILES string of the molecule is NCC#Cc1cccc(NC(=O)Cn2cccn2)n1. The highest BCUT2D eigenvalue weighted by Crippen LogP contribution is 2.04. The van der Waals surface area contributed by atoms with E-state index in [1.165, 1.54) is 4.68 Å². The van der Waals surface area contributed by atoms with Crippen molar-refractivity contribution in [3.05, 3.63) is 42.4 Å². The number of nitrogens with one attached hydrogen (secondary N) is 1. The van der Waals surface area contributed by atoms with Crippen LogP contribution < -0.4 is 11.1 Å². The minimum atomic E-state index is -0.194. The second kappa shape index (κ2) is 6.33. The van der Waals surface area contributed by atoms with Crippen molar-refractivity contribution < 1.29 is 4.79 Å². The molecular formula is C13H13N5O. The summed E-state index contributed by atoms with van der Waals surface area (Å²) in [7, 11) is 0. The summed E-state index contributed by atoms with van der Waals surface area (Å²) in [6, 6.07) is 6.99. The molecule has 0 atom stereocenters. The molecule has 0 fully saturated rings. The van der Waals surface area contributed by atoms with Crippen LogP contribution in [0.1, 0.15) is 5.69 Å². The van der Waals surface area contributed by atoms with E-state index < -0.39 is 0 Å². The topological polar surface area (TPSA) is 85.8 Å². The zero-order valence-corrected chi connectivity index (χ0v) is 10.2. The van der Waals surface area contributed by atoms with Crippen molar-refractivity contribution in [3.63, 3.8) is 0 Å². The molecule has 2 aromatic heterocycles. The molecule has 6 heteroatoms. The van der Waals surface area contributed by atoms with Gasteiger partial charge in [0.1, 0.15) is 18.1 Å². The number of carbonyl (C=O) groups is 1. The quantitative estimate of drug-likeness (QED) is 0.769. The molecule has 0 aliphatic rings. The highest BCUT2D eigenvalue weighted by atomic mass is 16.2.